The van der Waals surface area contributed by atoms with Gasteiger partial charge in [-0.15, -0.1) is 10.2 Å². The molecular weight excluding hydrogens is 971 g/mol. The van der Waals surface area contributed by atoms with Crippen LogP contribution in [0, 0.1) is 0 Å². The number of thiazole rings is 1. The number of nitrogen functional groups attached to an aromatic ring is 1. The Bertz CT molecular complexity index is 3290. The fraction of sp³-hybridized carbons (Fsp3) is 0.204. The maximum atomic E-state index is 16.2. The molecule has 0 aliphatic heterocycles. The number of methoxy groups -OCH3 is 3. The number of fused-ring (bicyclic) bond motifs is 1. The number of aliphatic hydroxyl groups excluding tert-OH is 1. The third-order valence-corrected chi connectivity index (χ3v) is 15.6. The fourth-order valence-corrected chi connectivity index (χ4v) is 12.0. The summed E-state index contributed by atoms with van der Waals surface area (Å²) in [6, 6.07) is 36.1. The van der Waals surface area contributed by atoms with Gasteiger partial charge in [0.2, 0.25) is 25.9 Å². The van der Waals surface area contributed by atoms with Crippen molar-refractivity contribution in [1.29, 1.82) is 0 Å². The van der Waals surface area contributed by atoms with Crippen LogP contribution in [0.3, 0.4) is 0 Å². The van der Waals surface area contributed by atoms with Crippen LogP contribution in [-0.2, 0) is 51.0 Å². The second-order valence-electron chi connectivity index (χ2n) is 15.9. The van der Waals surface area contributed by atoms with E-state index in [9.17, 15) is 9.90 Å². The average Bonchev–Trinajstić information content (AvgIpc) is 4.02. The van der Waals surface area contributed by atoms with E-state index >= 15 is 16.8 Å². The molecule has 1 atom stereocenters. The van der Waals surface area contributed by atoms with Crippen LogP contribution in [0.15, 0.2) is 143 Å². The molecule has 22 heteroatoms. The molecule has 1 amide bonds. The monoisotopic (exact) mass is 1020 g/mol. The molecule has 2 heterocycles. The van der Waals surface area contributed by atoms with Gasteiger partial charge in [-0.05, 0) is 81.6 Å². The molecule has 0 saturated carbocycles. The van der Waals surface area contributed by atoms with Crippen LogP contribution in [0.1, 0.15) is 22.3 Å². The predicted molar refractivity (Wildman–Crippen MR) is 267 cm³/mol. The molecule has 0 radical (unpaired) electrons. The summed E-state index contributed by atoms with van der Waals surface area (Å²) in [6.45, 7) is -1.72. The Kier molecular flexibility index (Phi) is 15.5. The molecule has 19 nitrogen and oxygen atoms in total. The predicted octanol–water partition coefficient (Wildman–Crippen LogP) is 6.23. The lowest BCUT2D eigenvalue weighted by molar-refractivity contribution is 0.137. The molecule has 5 N–H and O–H groups in total. The summed E-state index contributed by atoms with van der Waals surface area (Å²) in [7, 11) is -5.43. The quantitative estimate of drug-likeness (QED) is 0.0623. The lowest BCUT2D eigenvalue weighted by Crippen LogP contribution is -2.46. The molecule has 0 saturated heterocycles. The van der Waals surface area contributed by atoms with Gasteiger partial charge in [0.1, 0.15) is 33.6 Å². The Morgan fingerprint density at radius 1 is 0.746 bits per heavy atom. The van der Waals surface area contributed by atoms with Crippen LogP contribution in [0.25, 0.3) is 32.7 Å². The lowest BCUT2D eigenvalue weighted by atomic mass is 9.98. The number of carbonyl (C=O) groups excluding carboxylic acids is 1. The van der Waals surface area contributed by atoms with Gasteiger partial charge in [-0.25, -0.2) is 31.3 Å². The summed E-state index contributed by atoms with van der Waals surface area (Å²) in [4.78, 5) is 17.2. The number of nitrogens with zero attached hydrogens (tertiary/aromatic N) is 6. The molecule has 8 rings (SSSR count). The first-order chi connectivity index (χ1) is 34.3. The Morgan fingerprint density at radius 2 is 1.35 bits per heavy atom. The van der Waals surface area contributed by atoms with E-state index in [-0.39, 0.29) is 48.3 Å². The van der Waals surface area contributed by atoms with E-state index in [1.807, 2.05) is 12.1 Å². The number of rotatable bonds is 21. The van der Waals surface area contributed by atoms with Crippen molar-refractivity contribution in [2.75, 3.05) is 40.2 Å². The SMILES string of the molecule is COc1ccc(CN(Cc2ccc(OC)cc2)S(=O)(=O)c2c(S(=O)(=O)N[C@H](CO)CNC(=O)OCc3ccccc3)ccc(-c3cccc4sc(N)nc34)c2-c2nnn(Cc3ccc(OC)cc3)n2)cc1. The van der Waals surface area contributed by atoms with Crippen molar-refractivity contribution < 1.29 is 45.7 Å². The van der Waals surface area contributed by atoms with Crippen molar-refractivity contribution >= 4 is 52.8 Å². The van der Waals surface area contributed by atoms with Gasteiger partial charge in [0, 0.05) is 25.2 Å². The maximum absolute atomic E-state index is 16.2. The molecule has 2 aromatic heterocycles. The van der Waals surface area contributed by atoms with Gasteiger partial charge in [-0.3, -0.25) is 0 Å². The third-order valence-electron chi connectivity index (χ3n) is 11.2. The minimum atomic E-state index is -5.03. The number of para-hydroxylation sites is 1. The van der Waals surface area contributed by atoms with E-state index in [1.165, 1.54) is 42.5 Å². The number of sulfonamides is 2. The lowest BCUT2D eigenvalue weighted by Gasteiger charge is -2.27. The number of nitrogens with two attached hydrogens (primary N) is 1. The standard InChI is InChI=1S/C49H49N9O10S3/c1-65-37-18-12-32(13-19-37)27-57(28-33-14-20-38(66-2)21-15-33)71(63,64)46-43(70(61,62)55-36(30-59)26-51-49(60)68-31-35-8-5-4-6-9-35)25-24-40(41-10-7-11-42-45(41)52-48(50)69-42)44(46)47-53-56-58(54-47)29-34-16-22-39(67-3)23-17-34/h4-25,36,55,59H,26-31H2,1-3H3,(H2,50,52)(H,51,60)/t36-/m0/s1. The Morgan fingerprint density at radius 3 is 1.94 bits per heavy atom. The van der Waals surface area contributed by atoms with Gasteiger partial charge in [0.05, 0.1) is 56.3 Å². The molecule has 0 spiro atoms. The van der Waals surface area contributed by atoms with E-state index in [0.717, 1.165) is 9.87 Å². The van der Waals surface area contributed by atoms with Crippen molar-refractivity contribution in [3.8, 4) is 39.8 Å². The van der Waals surface area contributed by atoms with E-state index in [0.29, 0.717) is 49.7 Å². The summed E-state index contributed by atoms with van der Waals surface area (Å²) in [6.07, 6.45) is -0.880. The second kappa shape index (κ2) is 22.1. The largest absolute Gasteiger partial charge is 0.497 e. The number of ether oxygens (including phenoxy) is 4. The molecular formula is C49H49N9O10S3. The molecule has 8 aromatic rings. The highest BCUT2D eigenvalue weighted by Gasteiger charge is 2.39. The van der Waals surface area contributed by atoms with Crippen molar-refractivity contribution in [1.82, 2.24) is 39.5 Å². The van der Waals surface area contributed by atoms with E-state index in [2.05, 4.69) is 25.3 Å². The number of aromatic nitrogens is 5. The Labute approximate surface area is 413 Å². The number of hydrogen-bond acceptors (Lipinski definition) is 16. The topological polar surface area (TPSA) is 252 Å². The number of carbonyl (C=O) groups is 1. The molecule has 0 aliphatic carbocycles. The first kappa shape index (κ1) is 49.9. The molecule has 0 bridgehead atoms. The number of alkyl carbamates (subject to hydrolysis) is 1. The number of nitrogens with one attached hydrogen (secondary N) is 2. The average molecular weight is 1020 g/mol. The number of benzene rings is 6. The van der Waals surface area contributed by atoms with E-state index in [1.54, 1.807) is 116 Å². The van der Waals surface area contributed by atoms with Gasteiger partial charge in [0.25, 0.3) is 0 Å². The Hall–Kier alpha value is -7.47. The number of tetrazole rings is 1. The van der Waals surface area contributed by atoms with Crippen LogP contribution in [0.4, 0.5) is 9.93 Å². The van der Waals surface area contributed by atoms with Crippen LogP contribution in [-0.4, -0.2) is 98.1 Å². The normalized spacial score (nSPS) is 12.2. The molecule has 0 fully saturated rings. The van der Waals surface area contributed by atoms with Crippen molar-refractivity contribution in [3.05, 3.63) is 156 Å². The van der Waals surface area contributed by atoms with E-state index in [4.69, 9.17) is 29.8 Å². The maximum Gasteiger partial charge on any atom is 0.407 e. The van der Waals surface area contributed by atoms with Crippen LogP contribution in [0.2, 0.25) is 0 Å². The molecule has 6 aromatic carbocycles. The first-order valence-electron chi connectivity index (χ1n) is 21.9. The summed E-state index contributed by atoms with van der Waals surface area (Å²) in [5, 5.41) is 26.7. The smallest absolute Gasteiger partial charge is 0.407 e. The summed E-state index contributed by atoms with van der Waals surface area (Å²) < 4.78 is 88.1. The fourth-order valence-electron chi connectivity index (χ4n) is 7.60. The first-order valence-corrected chi connectivity index (χ1v) is 25.6. The van der Waals surface area contributed by atoms with Gasteiger partial charge in [-0.2, -0.15) is 9.10 Å². The van der Waals surface area contributed by atoms with Crippen LogP contribution >= 0.6 is 11.3 Å². The zero-order chi connectivity index (χ0) is 50.1. The van der Waals surface area contributed by atoms with E-state index < -0.39 is 55.1 Å². The summed E-state index contributed by atoms with van der Waals surface area (Å²) in [5.41, 5.74) is 9.57. The molecule has 0 unspecified atom stereocenters. The van der Waals surface area contributed by atoms with Gasteiger partial charge in [0.15, 0.2) is 5.13 Å². The van der Waals surface area contributed by atoms with Crippen LogP contribution < -0.4 is 30.0 Å². The molecule has 368 valence electrons. The number of amides is 1. The van der Waals surface area contributed by atoms with Crippen molar-refractivity contribution in [2.45, 2.75) is 42.1 Å². The van der Waals surface area contributed by atoms with Gasteiger partial charge < -0.3 is 35.1 Å². The Balaban J connectivity index is 1.31. The summed E-state index contributed by atoms with van der Waals surface area (Å²) >= 11 is 1.22. The highest BCUT2D eigenvalue weighted by molar-refractivity contribution is 7.92. The van der Waals surface area contributed by atoms with Crippen molar-refractivity contribution in [3.63, 3.8) is 0 Å². The van der Waals surface area contributed by atoms with Crippen LogP contribution in [0.5, 0.6) is 17.2 Å². The highest BCUT2D eigenvalue weighted by atomic mass is 32.2. The third kappa shape index (κ3) is 11.8. The zero-order valence-electron chi connectivity index (χ0n) is 38.6. The molecule has 71 heavy (non-hydrogen) atoms. The summed E-state index contributed by atoms with van der Waals surface area (Å²) in [5.74, 6) is 1.45. The second-order valence-corrected chi connectivity index (χ2v) is 20.5. The number of aliphatic hydroxyl groups is 1. The minimum absolute atomic E-state index is 0.0674. The highest BCUT2D eigenvalue weighted by Crippen LogP contribution is 2.44. The van der Waals surface area contributed by atoms with Gasteiger partial charge >= 0.3 is 6.09 Å². The number of anilines is 1. The number of hydrogen-bond donors (Lipinski definition) is 4. The van der Waals surface area contributed by atoms with Crippen molar-refractivity contribution in [2.24, 2.45) is 0 Å². The zero-order valence-corrected chi connectivity index (χ0v) is 41.1. The van der Waals surface area contributed by atoms with Gasteiger partial charge in [-0.1, -0.05) is 96.3 Å². The molecule has 0 aliphatic rings. The minimum Gasteiger partial charge on any atom is -0.497 e.